The van der Waals surface area contributed by atoms with E-state index in [1.165, 1.54) is 0 Å². The highest BCUT2D eigenvalue weighted by molar-refractivity contribution is 5.89. The van der Waals surface area contributed by atoms with Crippen LogP contribution in [0.2, 0.25) is 0 Å². The third-order valence-electron chi connectivity index (χ3n) is 3.20. The molecule has 0 bridgehead atoms. The van der Waals surface area contributed by atoms with Gasteiger partial charge in [0.05, 0.1) is 18.7 Å². The van der Waals surface area contributed by atoms with Gasteiger partial charge in [0.2, 0.25) is 11.8 Å². The minimum absolute atomic E-state index is 0.0149. The van der Waals surface area contributed by atoms with E-state index in [-0.39, 0.29) is 17.7 Å². The third-order valence-corrected chi connectivity index (χ3v) is 3.20. The maximum atomic E-state index is 11.9. The number of nitrogens with one attached hydrogen (secondary N) is 1. The number of likely N-dealkylation sites (tertiary alicyclic amines) is 1. The van der Waals surface area contributed by atoms with E-state index in [1.807, 2.05) is 19.9 Å². The van der Waals surface area contributed by atoms with Crippen LogP contribution < -0.4 is 5.32 Å². The zero-order chi connectivity index (χ0) is 13.8. The first-order chi connectivity index (χ1) is 9.06. The van der Waals surface area contributed by atoms with Crippen LogP contribution in [0.1, 0.15) is 26.0 Å². The molecule has 1 N–H and O–H groups in total. The van der Waals surface area contributed by atoms with Gasteiger partial charge in [0.25, 0.3) is 0 Å². The zero-order valence-electron chi connectivity index (χ0n) is 11.4. The molecule has 1 saturated heterocycles. The lowest BCUT2D eigenvalue weighted by Gasteiger charge is -2.15. The van der Waals surface area contributed by atoms with Crippen molar-refractivity contribution in [3.05, 3.63) is 24.2 Å². The summed E-state index contributed by atoms with van der Waals surface area (Å²) in [6.07, 6.45) is 1.88. The van der Waals surface area contributed by atoms with Crippen LogP contribution >= 0.6 is 0 Å². The molecule has 1 aromatic rings. The fourth-order valence-electron chi connectivity index (χ4n) is 2.14. The third kappa shape index (κ3) is 3.59. The van der Waals surface area contributed by atoms with Gasteiger partial charge in [-0.1, -0.05) is 13.8 Å². The van der Waals surface area contributed by atoms with Crippen molar-refractivity contribution >= 4 is 11.8 Å². The predicted molar refractivity (Wildman–Crippen MR) is 70.1 cm³/mol. The van der Waals surface area contributed by atoms with Crippen molar-refractivity contribution < 1.29 is 14.0 Å². The Morgan fingerprint density at radius 3 is 3.00 bits per heavy atom. The van der Waals surface area contributed by atoms with Crippen molar-refractivity contribution in [2.45, 2.75) is 26.8 Å². The largest absolute Gasteiger partial charge is 0.467 e. The van der Waals surface area contributed by atoms with Gasteiger partial charge in [-0.15, -0.1) is 0 Å². The molecular formula is C14H20N2O3. The minimum atomic E-state index is -0.235. The summed E-state index contributed by atoms with van der Waals surface area (Å²) >= 11 is 0. The quantitative estimate of drug-likeness (QED) is 0.874. The zero-order valence-corrected chi connectivity index (χ0v) is 11.4. The maximum absolute atomic E-state index is 11.9. The number of rotatable bonds is 5. The number of furan rings is 1. The van der Waals surface area contributed by atoms with Gasteiger partial charge in [-0.25, -0.2) is 0 Å². The van der Waals surface area contributed by atoms with E-state index in [9.17, 15) is 9.59 Å². The molecule has 1 fully saturated rings. The van der Waals surface area contributed by atoms with Crippen LogP contribution in [-0.4, -0.2) is 29.8 Å². The lowest BCUT2D eigenvalue weighted by Crippen LogP contribution is -2.34. The molecule has 104 valence electrons. The van der Waals surface area contributed by atoms with Crippen LogP contribution in [0, 0.1) is 11.8 Å². The molecule has 1 atom stereocenters. The first kappa shape index (κ1) is 13.6. The van der Waals surface area contributed by atoms with E-state index < -0.39 is 0 Å². The lowest BCUT2D eigenvalue weighted by atomic mass is 10.1. The Labute approximate surface area is 113 Å². The SMILES string of the molecule is CC(C)CNC(=O)C1CC(=O)N(Cc2ccco2)C1. The molecule has 5 heteroatoms. The van der Waals surface area contributed by atoms with Gasteiger partial charge in [0, 0.05) is 19.5 Å². The summed E-state index contributed by atoms with van der Waals surface area (Å²) in [5, 5.41) is 2.88. The summed E-state index contributed by atoms with van der Waals surface area (Å²) < 4.78 is 5.22. The van der Waals surface area contributed by atoms with E-state index in [4.69, 9.17) is 4.42 Å². The molecule has 0 saturated carbocycles. The number of carbonyl (C=O) groups excluding carboxylic acids is 2. The van der Waals surface area contributed by atoms with Crippen LogP contribution in [0.5, 0.6) is 0 Å². The lowest BCUT2D eigenvalue weighted by molar-refractivity contribution is -0.129. The molecule has 2 amide bonds. The molecule has 5 nitrogen and oxygen atoms in total. The van der Waals surface area contributed by atoms with E-state index in [2.05, 4.69) is 5.32 Å². The van der Waals surface area contributed by atoms with Gasteiger partial charge in [0.15, 0.2) is 0 Å². The van der Waals surface area contributed by atoms with Gasteiger partial charge >= 0.3 is 0 Å². The Morgan fingerprint density at radius 1 is 1.58 bits per heavy atom. The molecule has 1 aromatic heterocycles. The number of nitrogens with zero attached hydrogens (tertiary/aromatic N) is 1. The van der Waals surface area contributed by atoms with Crippen molar-refractivity contribution in [1.29, 1.82) is 0 Å². The fraction of sp³-hybridized carbons (Fsp3) is 0.571. The van der Waals surface area contributed by atoms with Crippen LogP contribution in [0.4, 0.5) is 0 Å². The van der Waals surface area contributed by atoms with Crippen LogP contribution in [0.25, 0.3) is 0 Å². The van der Waals surface area contributed by atoms with Crippen molar-refractivity contribution in [1.82, 2.24) is 10.2 Å². The average molecular weight is 264 g/mol. The Balaban J connectivity index is 1.86. The number of hydrogen-bond donors (Lipinski definition) is 1. The standard InChI is InChI=1S/C14H20N2O3/c1-10(2)7-15-14(18)11-6-13(17)16(8-11)9-12-4-3-5-19-12/h3-5,10-11H,6-9H2,1-2H3,(H,15,18). The second-order valence-corrected chi connectivity index (χ2v) is 5.39. The van der Waals surface area contributed by atoms with Crippen LogP contribution in [0.15, 0.2) is 22.8 Å². The van der Waals surface area contributed by atoms with E-state index >= 15 is 0 Å². The van der Waals surface area contributed by atoms with Crippen molar-refractivity contribution in [2.75, 3.05) is 13.1 Å². The highest BCUT2D eigenvalue weighted by Crippen LogP contribution is 2.20. The number of carbonyl (C=O) groups is 2. The fourth-order valence-corrected chi connectivity index (χ4v) is 2.14. The molecule has 0 aromatic carbocycles. The van der Waals surface area contributed by atoms with E-state index in [1.54, 1.807) is 17.2 Å². The topological polar surface area (TPSA) is 62.6 Å². The highest BCUT2D eigenvalue weighted by Gasteiger charge is 2.34. The van der Waals surface area contributed by atoms with Gasteiger partial charge in [-0.3, -0.25) is 9.59 Å². The van der Waals surface area contributed by atoms with Gasteiger partial charge in [0.1, 0.15) is 5.76 Å². The molecule has 2 rings (SSSR count). The van der Waals surface area contributed by atoms with Crippen molar-refractivity contribution in [2.24, 2.45) is 11.8 Å². The number of hydrogen-bond acceptors (Lipinski definition) is 3. The van der Waals surface area contributed by atoms with Crippen LogP contribution in [-0.2, 0) is 16.1 Å². The second kappa shape index (κ2) is 5.91. The minimum Gasteiger partial charge on any atom is -0.467 e. The average Bonchev–Trinajstić information content (AvgIpc) is 2.98. The summed E-state index contributed by atoms with van der Waals surface area (Å²) in [7, 11) is 0. The van der Waals surface area contributed by atoms with Gasteiger partial charge in [-0.2, -0.15) is 0 Å². The molecule has 1 unspecified atom stereocenters. The van der Waals surface area contributed by atoms with Gasteiger partial charge < -0.3 is 14.6 Å². The van der Waals surface area contributed by atoms with Crippen molar-refractivity contribution in [3.63, 3.8) is 0 Å². The monoisotopic (exact) mass is 264 g/mol. The summed E-state index contributed by atoms with van der Waals surface area (Å²) in [6.45, 7) is 5.66. The summed E-state index contributed by atoms with van der Waals surface area (Å²) in [5.74, 6) is 0.920. The van der Waals surface area contributed by atoms with Gasteiger partial charge in [-0.05, 0) is 18.1 Å². The molecule has 1 aliphatic rings. The summed E-state index contributed by atoms with van der Waals surface area (Å²) in [6, 6.07) is 3.63. The Kier molecular flexibility index (Phi) is 4.24. The van der Waals surface area contributed by atoms with Crippen molar-refractivity contribution in [3.8, 4) is 0 Å². The second-order valence-electron chi connectivity index (χ2n) is 5.39. The summed E-state index contributed by atoms with van der Waals surface area (Å²) in [5.41, 5.74) is 0. The van der Waals surface area contributed by atoms with E-state index in [0.29, 0.717) is 32.0 Å². The number of amides is 2. The smallest absolute Gasteiger partial charge is 0.225 e. The molecule has 2 heterocycles. The Morgan fingerprint density at radius 2 is 2.37 bits per heavy atom. The molecule has 0 aliphatic carbocycles. The molecule has 19 heavy (non-hydrogen) atoms. The Hall–Kier alpha value is -1.78. The first-order valence-electron chi connectivity index (χ1n) is 6.64. The maximum Gasteiger partial charge on any atom is 0.225 e. The first-order valence-corrected chi connectivity index (χ1v) is 6.64. The molecule has 1 aliphatic heterocycles. The predicted octanol–water partition coefficient (Wildman–Crippen LogP) is 1.40. The Bertz CT molecular complexity index is 440. The van der Waals surface area contributed by atoms with E-state index in [0.717, 1.165) is 5.76 Å². The van der Waals surface area contributed by atoms with Crippen LogP contribution in [0.3, 0.4) is 0 Å². The molecular weight excluding hydrogens is 244 g/mol. The highest BCUT2D eigenvalue weighted by atomic mass is 16.3. The normalized spacial score (nSPS) is 19.2. The molecule has 0 spiro atoms. The summed E-state index contributed by atoms with van der Waals surface area (Å²) in [4.78, 5) is 25.5. The molecule has 0 radical (unpaired) electrons.